The molecule has 5 N–H and O–H groups in total. The summed E-state index contributed by atoms with van der Waals surface area (Å²) in [6, 6.07) is 3.58. The van der Waals surface area contributed by atoms with Crippen LogP contribution in [0.1, 0.15) is 49.7 Å². The Morgan fingerprint density at radius 2 is 1.71 bits per heavy atom. The van der Waals surface area contributed by atoms with E-state index in [0.717, 1.165) is 25.3 Å². The highest BCUT2D eigenvalue weighted by Gasteiger charge is 2.35. The predicted octanol–water partition coefficient (Wildman–Crippen LogP) is 3.74. The Bertz CT molecular complexity index is 715. The molecule has 1 rings (SSSR count). The number of unbranched alkanes of at least 4 members (excludes halogenated alkanes) is 4. The molecule has 0 fully saturated rings. The van der Waals surface area contributed by atoms with Crippen molar-refractivity contribution < 1.29 is 46.3 Å². The van der Waals surface area contributed by atoms with Gasteiger partial charge in [-0.25, -0.2) is 4.57 Å². The number of aliphatic hydroxyl groups excluding tert-OH is 1. The number of benzene rings is 1. The van der Waals surface area contributed by atoms with E-state index < -0.39 is 38.3 Å². The number of aliphatic hydroxyl groups is 1. The zero-order chi connectivity index (χ0) is 23.5. The van der Waals surface area contributed by atoms with Crippen molar-refractivity contribution in [1.82, 2.24) is 0 Å². The van der Waals surface area contributed by atoms with Crippen LogP contribution in [0.5, 0.6) is 5.75 Å². The van der Waals surface area contributed by atoms with Crippen LogP contribution < -0.4 is 10.5 Å². The zero-order valence-corrected chi connectivity index (χ0v) is 18.0. The first-order valence-corrected chi connectivity index (χ1v) is 11.4. The van der Waals surface area contributed by atoms with Gasteiger partial charge in [-0.05, 0) is 43.4 Å². The molecule has 1 aromatic carbocycles. The summed E-state index contributed by atoms with van der Waals surface area (Å²) >= 11 is 0. The van der Waals surface area contributed by atoms with E-state index in [1.807, 2.05) is 0 Å². The number of halogens is 4. The average molecular weight is 475 g/mol. The maximum atomic E-state index is 13.4. The van der Waals surface area contributed by atoms with Crippen molar-refractivity contribution in [1.29, 1.82) is 0 Å². The minimum absolute atomic E-state index is 0.0134. The molecule has 0 radical (unpaired) electrons. The lowest BCUT2D eigenvalue weighted by molar-refractivity contribution is -0.139. The first-order valence-electron chi connectivity index (χ1n) is 9.89. The second-order valence-corrected chi connectivity index (χ2v) is 8.66. The number of hydrogen-bond donors (Lipinski definition) is 4. The smallest absolute Gasteiger partial charge is 0.469 e. The van der Waals surface area contributed by atoms with Gasteiger partial charge in [-0.3, -0.25) is 8.91 Å². The van der Waals surface area contributed by atoms with Gasteiger partial charge in [0.2, 0.25) is 0 Å². The second-order valence-electron chi connectivity index (χ2n) is 7.42. The molecule has 0 spiro atoms. The van der Waals surface area contributed by atoms with Crippen LogP contribution in [0.2, 0.25) is 0 Å². The van der Waals surface area contributed by atoms with Crippen molar-refractivity contribution in [2.75, 3.05) is 26.5 Å². The van der Waals surface area contributed by atoms with Gasteiger partial charge in [0.15, 0.2) is 0 Å². The molecule has 0 saturated carbocycles. The molecule has 12 heteroatoms. The van der Waals surface area contributed by atoms with Crippen LogP contribution in [0.15, 0.2) is 18.2 Å². The van der Waals surface area contributed by atoms with E-state index in [2.05, 4.69) is 4.52 Å². The zero-order valence-electron chi connectivity index (χ0n) is 17.1. The molecule has 7 nitrogen and oxygen atoms in total. The number of hydrogen-bond acceptors (Lipinski definition) is 5. The van der Waals surface area contributed by atoms with E-state index >= 15 is 0 Å². The maximum absolute atomic E-state index is 13.4. The first-order chi connectivity index (χ1) is 14.4. The number of rotatable bonds is 15. The van der Waals surface area contributed by atoms with Crippen LogP contribution in [0.25, 0.3) is 0 Å². The molecule has 0 saturated heterocycles. The minimum atomic E-state index is -4.80. The molecule has 0 bridgehead atoms. The minimum Gasteiger partial charge on any atom is -0.493 e. The highest BCUT2D eigenvalue weighted by Crippen LogP contribution is 2.38. The standard InChI is InChI=1S/C19H30F4NO6P/c20-10-4-2-1-3-5-11-29-17-7-6-15(12-16(17)19(21,22)23)8-9-18(24,13-25)14-30-31(26,27)28/h6-7,12,25H,1-5,8-11,13-14,24H2,(H2,26,27,28). The molecule has 0 aliphatic carbocycles. The Morgan fingerprint density at radius 1 is 1.06 bits per heavy atom. The molecule has 0 aromatic heterocycles. The van der Waals surface area contributed by atoms with Crippen molar-refractivity contribution in [2.24, 2.45) is 5.73 Å². The molecule has 31 heavy (non-hydrogen) atoms. The summed E-state index contributed by atoms with van der Waals surface area (Å²) in [6.45, 7) is -1.61. The Kier molecular flexibility index (Phi) is 11.4. The molecule has 1 aromatic rings. The molecule has 1 atom stereocenters. The number of phosphoric acid groups is 1. The largest absolute Gasteiger partial charge is 0.493 e. The summed E-state index contributed by atoms with van der Waals surface area (Å²) in [5.74, 6) is -0.300. The lowest BCUT2D eigenvalue weighted by Crippen LogP contribution is -2.48. The Labute approximate surface area is 178 Å². The van der Waals surface area contributed by atoms with Crippen LogP contribution in [-0.2, 0) is 21.7 Å². The van der Waals surface area contributed by atoms with E-state index in [1.165, 1.54) is 12.1 Å². The van der Waals surface area contributed by atoms with Gasteiger partial charge in [0.25, 0.3) is 0 Å². The topological polar surface area (TPSA) is 122 Å². The van der Waals surface area contributed by atoms with E-state index in [9.17, 15) is 27.2 Å². The fourth-order valence-corrected chi connectivity index (χ4v) is 3.22. The van der Waals surface area contributed by atoms with Crippen molar-refractivity contribution in [2.45, 2.75) is 56.7 Å². The van der Waals surface area contributed by atoms with Crippen molar-refractivity contribution in [3.05, 3.63) is 29.3 Å². The van der Waals surface area contributed by atoms with Gasteiger partial charge >= 0.3 is 14.0 Å². The van der Waals surface area contributed by atoms with E-state index in [4.69, 9.17) is 20.3 Å². The molecular formula is C19H30F4NO6P. The van der Waals surface area contributed by atoms with Gasteiger partial charge in [-0.1, -0.05) is 25.3 Å². The third-order valence-corrected chi connectivity index (χ3v) is 5.10. The normalized spacial score (nSPS) is 14.5. The van der Waals surface area contributed by atoms with Gasteiger partial charge in [0.1, 0.15) is 5.75 Å². The summed E-state index contributed by atoms with van der Waals surface area (Å²) in [7, 11) is -4.80. The molecule has 0 aliphatic heterocycles. The highest BCUT2D eigenvalue weighted by atomic mass is 31.2. The average Bonchev–Trinajstić information content (AvgIpc) is 2.69. The van der Waals surface area contributed by atoms with Gasteiger partial charge in [0.05, 0.1) is 37.6 Å². The fraction of sp³-hybridized carbons (Fsp3) is 0.684. The van der Waals surface area contributed by atoms with Crippen molar-refractivity contribution in [3.8, 4) is 5.75 Å². The first kappa shape index (κ1) is 27.8. The molecule has 180 valence electrons. The molecule has 1 unspecified atom stereocenters. The van der Waals surface area contributed by atoms with Crippen LogP contribution in [-0.4, -0.2) is 46.9 Å². The van der Waals surface area contributed by atoms with Gasteiger partial charge in [-0.15, -0.1) is 0 Å². The maximum Gasteiger partial charge on any atom is 0.469 e. The summed E-state index contributed by atoms with van der Waals surface area (Å²) in [6.07, 6.45) is -1.42. The third kappa shape index (κ3) is 11.3. The molecular weight excluding hydrogens is 445 g/mol. The number of alkyl halides is 4. The Balaban J connectivity index is 2.73. The molecule has 0 heterocycles. The predicted molar refractivity (Wildman–Crippen MR) is 106 cm³/mol. The van der Waals surface area contributed by atoms with Gasteiger partial charge in [0, 0.05) is 0 Å². The summed E-state index contributed by atoms with van der Waals surface area (Å²) < 4.78 is 72.8. The summed E-state index contributed by atoms with van der Waals surface area (Å²) in [5.41, 5.74) is 3.64. The number of aryl methyl sites for hydroxylation is 1. The highest BCUT2D eigenvalue weighted by molar-refractivity contribution is 7.46. The second kappa shape index (κ2) is 12.7. The van der Waals surface area contributed by atoms with Crippen LogP contribution in [0, 0.1) is 0 Å². The van der Waals surface area contributed by atoms with E-state index in [1.54, 1.807) is 0 Å². The van der Waals surface area contributed by atoms with Crippen LogP contribution in [0.3, 0.4) is 0 Å². The SMILES string of the molecule is NC(CO)(CCc1ccc(OCCCCCCCF)c(C(F)(F)F)c1)COP(=O)(O)O. The van der Waals surface area contributed by atoms with Gasteiger partial charge < -0.3 is 25.4 Å². The van der Waals surface area contributed by atoms with Crippen LogP contribution >= 0.6 is 7.82 Å². The quantitative estimate of drug-likeness (QED) is 0.173. The third-order valence-electron chi connectivity index (χ3n) is 4.63. The Hall–Kier alpha value is -1.23. The number of ether oxygens (including phenoxy) is 1. The lowest BCUT2D eigenvalue weighted by Gasteiger charge is -2.27. The molecule has 0 amide bonds. The monoisotopic (exact) mass is 475 g/mol. The van der Waals surface area contributed by atoms with E-state index in [-0.39, 0.29) is 37.4 Å². The van der Waals surface area contributed by atoms with Gasteiger partial charge in [-0.2, -0.15) is 13.2 Å². The van der Waals surface area contributed by atoms with Crippen molar-refractivity contribution in [3.63, 3.8) is 0 Å². The number of phosphoric ester groups is 1. The Morgan fingerprint density at radius 3 is 2.29 bits per heavy atom. The van der Waals surface area contributed by atoms with Crippen LogP contribution in [0.4, 0.5) is 17.6 Å². The lowest BCUT2D eigenvalue weighted by atomic mass is 9.93. The summed E-state index contributed by atoms with van der Waals surface area (Å²) in [5, 5.41) is 9.40. The van der Waals surface area contributed by atoms with Crippen molar-refractivity contribution >= 4 is 7.82 Å². The summed E-state index contributed by atoms with van der Waals surface area (Å²) in [4.78, 5) is 17.5. The fourth-order valence-electron chi connectivity index (χ4n) is 2.79. The number of nitrogens with two attached hydrogens (primary N) is 1. The molecule has 0 aliphatic rings. The van der Waals surface area contributed by atoms with E-state index in [0.29, 0.717) is 12.8 Å².